The van der Waals surface area contributed by atoms with Crippen molar-refractivity contribution in [2.75, 3.05) is 26.3 Å². The molecule has 3 atom stereocenters. The molecule has 4 aliphatic heterocycles. The number of ketones is 1. The predicted molar refractivity (Wildman–Crippen MR) is 98.5 cm³/mol. The van der Waals surface area contributed by atoms with Gasteiger partial charge in [0.2, 0.25) is 5.91 Å². The summed E-state index contributed by atoms with van der Waals surface area (Å²) >= 11 is 2.93. The number of hydrogen-bond donors (Lipinski definition) is 1. The van der Waals surface area contributed by atoms with Gasteiger partial charge in [-0.05, 0) is 32.7 Å². The molecule has 0 aliphatic carbocycles. The number of nitrogens with zero attached hydrogens (tertiary/aromatic N) is 2. The molecule has 0 aromatic carbocycles. The number of likely N-dealkylation sites (tertiary alicyclic amines) is 1. The third-order valence-corrected chi connectivity index (χ3v) is 8.34. The molecule has 26 heavy (non-hydrogen) atoms. The molecule has 0 unspecified atom stereocenters. The number of fused-ring (bicyclic) bond motifs is 1. The van der Waals surface area contributed by atoms with Crippen molar-refractivity contribution < 1.29 is 24.2 Å². The lowest BCUT2D eigenvalue weighted by Gasteiger charge is -2.40. The van der Waals surface area contributed by atoms with Crippen LogP contribution in [-0.2, 0) is 19.1 Å². The molecule has 1 N–H and O–H groups in total. The lowest BCUT2D eigenvalue weighted by atomic mass is 9.94. The van der Waals surface area contributed by atoms with Gasteiger partial charge in [-0.25, -0.2) is 4.79 Å². The number of carbonyl (C=O) groups excluding carboxylic acids is 2. The van der Waals surface area contributed by atoms with E-state index in [4.69, 9.17) is 4.74 Å². The molecule has 4 heterocycles. The van der Waals surface area contributed by atoms with Crippen molar-refractivity contribution >= 4 is 41.2 Å². The van der Waals surface area contributed by atoms with E-state index in [0.717, 1.165) is 45.6 Å². The minimum Gasteiger partial charge on any atom is -0.477 e. The topological polar surface area (TPSA) is 87.2 Å². The van der Waals surface area contributed by atoms with Gasteiger partial charge in [0.25, 0.3) is 0 Å². The van der Waals surface area contributed by atoms with Crippen LogP contribution in [0.1, 0.15) is 26.2 Å². The molecule has 0 bridgehead atoms. The lowest BCUT2D eigenvalue weighted by molar-refractivity contribution is -0.155. The highest BCUT2D eigenvalue weighted by molar-refractivity contribution is 8.23. The summed E-state index contributed by atoms with van der Waals surface area (Å²) in [5.74, 6) is -2.35. The van der Waals surface area contributed by atoms with E-state index in [1.807, 2.05) is 0 Å². The summed E-state index contributed by atoms with van der Waals surface area (Å²) in [7, 11) is 0. The van der Waals surface area contributed by atoms with E-state index in [1.54, 1.807) is 11.8 Å². The first-order valence-corrected chi connectivity index (χ1v) is 10.7. The highest BCUT2D eigenvalue weighted by Gasteiger charge is 2.58. The van der Waals surface area contributed by atoms with Gasteiger partial charge in [-0.1, -0.05) is 11.8 Å². The van der Waals surface area contributed by atoms with Crippen LogP contribution >= 0.6 is 23.5 Å². The highest BCUT2D eigenvalue weighted by atomic mass is 32.2. The summed E-state index contributed by atoms with van der Waals surface area (Å²) < 4.78 is 6.11. The molecule has 0 spiro atoms. The van der Waals surface area contributed by atoms with Gasteiger partial charge >= 0.3 is 5.97 Å². The Morgan fingerprint density at radius 1 is 1.27 bits per heavy atom. The number of Topliss-reactive ketones (excluding diaryl/α,β-unsaturated/α-hetero) is 1. The molecule has 0 aromatic heterocycles. The minimum absolute atomic E-state index is 0.0667. The Kier molecular flexibility index (Phi) is 5.06. The monoisotopic (exact) mass is 398 g/mol. The third-order valence-electron chi connectivity index (χ3n) is 5.50. The van der Waals surface area contributed by atoms with Crippen LogP contribution in [0.15, 0.2) is 9.93 Å². The Labute approximate surface area is 160 Å². The Balaban J connectivity index is 1.44. The summed E-state index contributed by atoms with van der Waals surface area (Å²) in [6.07, 6.45) is 3.12. The van der Waals surface area contributed by atoms with Crippen molar-refractivity contribution in [3.05, 3.63) is 9.93 Å². The first-order chi connectivity index (χ1) is 12.5. The Hall–Kier alpha value is -1.03. The van der Waals surface area contributed by atoms with Gasteiger partial charge < -0.3 is 9.84 Å². The fraction of sp³-hybridized carbons (Fsp3) is 0.706. The SMILES string of the molecule is CC(=O)[C@H]1C(=O)N2C(C(=O)O)=C(S[C@@H]3CCN(C4CCOCC4)C3)S[C@H]12. The van der Waals surface area contributed by atoms with E-state index in [0.29, 0.717) is 15.5 Å². The number of β-lactam (4-membered cyclic amide) rings is 1. The van der Waals surface area contributed by atoms with Crippen molar-refractivity contribution in [2.45, 2.75) is 42.9 Å². The van der Waals surface area contributed by atoms with E-state index >= 15 is 0 Å². The number of amides is 1. The molecule has 0 saturated carbocycles. The first kappa shape index (κ1) is 18.3. The zero-order valence-electron chi connectivity index (χ0n) is 14.6. The van der Waals surface area contributed by atoms with Crippen LogP contribution in [0.2, 0.25) is 0 Å². The molecule has 4 rings (SSSR count). The zero-order valence-corrected chi connectivity index (χ0v) is 16.2. The lowest BCUT2D eigenvalue weighted by Crippen LogP contribution is -2.59. The molecular weight excluding hydrogens is 376 g/mol. The number of hydrogen-bond acceptors (Lipinski definition) is 7. The van der Waals surface area contributed by atoms with Crippen molar-refractivity contribution in [1.29, 1.82) is 0 Å². The average Bonchev–Trinajstić information content (AvgIpc) is 3.19. The molecule has 1 amide bonds. The summed E-state index contributed by atoms with van der Waals surface area (Å²) in [5.41, 5.74) is 0.0667. The van der Waals surface area contributed by atoms with Gasteiger partial charge in [0, 0.05) is 31.1 Å². The summed E-state index contributed by atoms with van der Waals surface area (Å²) in [6.45, 7) is 4.98. The van der Waals surface area contributed by atoms with Gasteiger partial charge in [-0.15, -0.1) is 11.8 Å². The number of ether oxygens (including phenoxy) is 1. The van der Waals surface area contributed by atoms with Crippen molar-refractivity contribution in [1.82, 2.24) is 9.80 Å². The maximum absolute atomic E-state index is 12.2. The second-order valence-corrected chi connectivity index (χ2v) is 9.81. The minimum atomic E-state index is -1.09. The van der Waals surface area contributed by atoms with Crippen LogP contribution in [0.4, 0.5) is 0 Å². The third kappa shape index (κ3) is 3.08. The summed E-state index contributed by atoms with van der Waals surface area (Å²) in [4.78, 5) is 39.4. The fourth-order valence-corrected chi connectivity index (χ4v) is 7.41. The Morgan fingerprint density at radius 2 is 2.00 bits per heavy atom. The van der Waals surface area contributed by atoms with Crippen LogP contribution in [0, 0.1) is 5.92 Å². The van der Waals surface area contributed by atoms with Crippen LogP contribution in [0.25, 0.3) is 0 Å². The van der Waals surface area contributed by atoms with Gasteiger partial charge in [-0.2, -0.15) is 0 Å². The zero-order chi connectivity index (χ0) is 18.4. The number of thioether (sulfide) groups is 2. The van der Waals surface area contributed by atoms with Crippen LogP contribution in [0.3, 0.4) is 0 Å². The standard InChI is InChI=1S/C17H22N2O5S2/c1-9(20)12-14(21)19-13(16(22)23)17(26-15(12)19)25-11-2-5-18(8-11)10-3-6-24-7-4-10/h10-12,15H,2-8H2,1H3,(H,22,23)/t11-,12+,15-/m1/s1. The number of carbonyl (C=O) groups is 3. The molecule has 9 heteroatoms. The number of carboxylic acid groups (broad SMARTS) is 1. The number of aliphatic carboxylic acids is 1. The fourth-order valence-electron chi connectivity index (χ4n) is 4.12. The molecular formula is C17H22N2O5S2. The normalized spacial score (nSPS) is 32.7. The van der Waals surface area contributed by atoms with Crippen molar-refractivity contribution in [2.24, 2.45) is 5.92 Å². The maximum Gasteiger partial charge on any atom is 0.354 e. The van der Waals surface area contributed by atoms with E-state index in [-0.39, 0.29) is 22.8 Å². The van der Waals surface area contributed by atoms with Crippen molar-refractivity contribution in [3.63, 3.8) is 0 Å². The van der Waals surface area contributed by atoms with Gasteiger partial charge in [0.15, 0.2) is 5.70 Å². The van der Waals surface area contributed by atoms with Crippen LogP contribution in [-0.4, -0.2) is 75.5 Å². The number of carboxylic acids is 1. The average molecular weight is 399 g/mol. The molecule has 4 aliphatic rings. The van der Waals surface area contributed by atoms with Gasteiger partial charge in [-0.3, -0.25) is 19.4 Å². The Morgan fingerprint density at radius 3 is 2.65 bits per heavy atom. The van der Waals surface area contributed by atoms with Crippen LogP contribution in [0.5, 0.6) is 0 Å². The predicted octanol–water partition coefficient (Wildman–Crippen LogP) is 1.35. The highest BCUT2D eigenvalue weighted by Crippen LogP contribution is 2.54. The summed E-state index contributed by atoms with van der Waals surface area (Å²) in [5, 5.41) is 9.54. The van der Waals surface area contributed by atoms with E-state index < -0.39 is 11.9 Å². The van der Waals surface area contributed by atoms with E-state index in [1.165, 1.54) is 23.6 Å². The van der Waals surface area contributed by atoms with E-state index in [9.17, 15) is 19.5 Å². The molecule has 0 aromatic rings. The van der Waals surface area contributed by atoms with Gasteiger partial charge in [0.05, 0.1) is 4.24 Å². The molecule has 0 radical (unpaired) electrons. The second-order valence-electron chi connectivity index (χ2n) is 7.11. The summed E-state index contributed by atoms with van der Waals surface area (Å²) in [6, 6.07) is 0.558. The number of rotatable bonds is 5. The molecule has 3 saturated heterocycles. The second kappa shape index (κ2) is 7.18. The smallest absolute Gasteiger partial charge is 0.354 e. The quantitative estimate of drug-likeness (QED) is 0.549. The van der Waals surface area contributed by atoms with Gasteiger partial charge in [0.1, 0.15) is 17.1 Å². The largest absolute Gasteiger partial charge is 0.477 e. The molecule has 3 fully saturated rings. The van der Waals surface area contributed by atoms with Crippen LogP contribution < -0.4 is 0 Å². The van der Waals surface area contributed by atoms with Crippen molar-refractivity contribution in [3.8, 4) is 0 Å². The first-order valence-electron chi connectivity index (χ1n) is 8.93. The Bertz CT molecular complexity index is 676. The molecule has 142 valence electrons. The van der Waals surface area contributed by atoms with E-state index in [2.05, 4.69) is 4.90 Å². The maximum atomic E-state index is 12.2. The molecule has 7 nitrogen and oxygen atoms in total.